The van der Waals surface area contributed by atoms with Crippen LogP contribution < -0.4 is 0 Å². The molecular formula is C15H22O3. The van der Waals surface area contributed by atoms with E-state index in [4.69, 9.17) is 9.47 Å². The van der Waals surface area contributed by atoms with E-state index in [-0.39, 0.29) is 12.1 Å². The second kappa shape index (κ2) is 8.84. The van der Waals surface area contributed by atoms with E-state index in [1.807, 2.05) is 44.2 Å². The van der Waals surface area contributed by atoms with E-state index in [9.17, 15) is 4.79 Å². The number of rotatable bonds is 4. The van der Waals surface area contributed by atoms with Crippen LogP contribution in [0.1, 0.15) is 43.5 Å². The number of hydrogen-bond donors (Lipinski definition) is 0. The van der Waals surface area contributed by atoms with Crippen LogP contribution in [0.25, 0.3) is 0 Å². The van der Waals surface area contributed by atoms with Crippen molar-refractivity contribution in [3.8, 4) is 0 Å². The molecule has 3 heteroatoms. The molecule has 18 heavy (non-hydrogen) atoms. The summed E-state index contributed by atoms with van der Waals surface area (Å²) >= 11 is 0. The Morgan fingerprint density at radius 3 is 2.39 bits per heavy atom. The van der Waals surface area contributed by atoms with Crippen LogP contribution in [0.3, 0.4) is 0 Å². The molecule has 1 heterocycles. The van der Waals surface area contributed by atoms with Gasteiger partial charge in [0.1, 0.15) is 0 Å². The maximum atomic E-state index is 11.8. The maximum absolute atomic E-state index is 11.8. The van der Waals surface area contributed by atoms with Crippen molar-refractivity contribution < 1.29 is 14.3 Å². The standard InChI is InChI=1S/C13H16O3.C2H6/c14-12(11-5-2-1-3-6-11)7-8-13-15-9-4-10-16-13;1-2/h1-3,5-6,13H,4,7-10H2;1-2H3. The SMILES string of the molecule is CC.O=C(CCC1OCCCO1)c1ccccc1. The Morgan fingerprint density at radius 2 is 1.78 bits per heavy atom. The molecule has 0 radical (unpaired) electrons. The Balaban J connectivity index is 0.000000771. The molecule has 100 valence electrons. The summed E-state index contributed by atoms with van der Waals surface area (Å²) in [6, 6.07) is 9.33. The molecule has 0 saturated carbocycles. The van der Waals surface area contributed by atoms with Crippen molar-refractivity contribution in [2.75, 3.05) is 13.2 Å². The van der Waals surface area contributed by atoms with Gasteiger partial charge in [0.2, 0.25) is 0 Å². The number of hydrogen-bond acceptors (Lipinski definition) is 3. The molecule has 1 aliphatic rings. The summed E-state index contributed by atoms with van der Waals surface area (Å²) in [5.41, 5.74) is 0.762. The predicted octanol–water partition coefficient (Wildman–Crippen LogP) is 3.44. The average Bonchev–Trinajstić information content (AvgIpc) is 2.49. The van der Waals surface area contributed by atoms with Gasteiger partial charge >= 0.3 is 0 Å². The number of ether oxygens (including phenoxy) is 2. The van der Waals surface area contributed by atoms with Crippen LogP contribution in [0.5, 0.6) is 0 Å². The molecule has 1 fully saturated rings. The van der Waals surface area contributed by atoms with Gasteiger partial charge in [0.15, 0.2) is 12.1 Å². The van der Waals surface area contributed by atoms with Crippen LogP contribution in [0.2, 0.25) is 0 Å². The summed E-state index contributed by atoms with van der Waals surface area (Å²) in [6.45, 7) is 5.48. The second-order valence-electron chi connectivity index (χ2n) is 3.85. The van der Waals surface area contributed by atoms with Gasteiger partial charge in [-0.1, -0.05) is 44.2 Å². The molecule has 0 aliphatic carbocycles. The van der Waals surface area contributed by atoms with Gasteiger partial charge in [-0.05, 0) is 6.42 Å². The minimum atomic E-state index is -0.193. The van der Waals surface area contributed by atoms with Gasteiger partial charge in [0.25, 0.3) is 0 Å². The monoisotopic (exact) mass is 250 g/mol. The molecule has 1 saturated heterocycles. The van der Waals surface area contributed by atoms with Gasteiger partial charge in [0, 0.05) is 18.4 Å². The van der Waals surface area contributed by atoms with E-state index in [1.165, 1.54) is 0 Å². The predicted molar refractivity (Wildman–Crippen MR) is 71.7 cm³/mol. The lowest BCUT2D eigenvalue weighted by Crippen LogP contribution is -2.25. The smallest absolute Gasteiger partial charge is 0.163 e. The van der Waals surface area contributed by atoms with Gasteiger partial charge in [-0.25, -0.2) is 0 Å². The summed E-state index contributed by atoms with van der Waals surface area (Å²) < 4.78 is 10.8. The number of benzene rings is 1. The molecule has 0 aromatic heterocycles. The number of ketones is 1. The van der Waals surface area contributed by atoms with Gasteiger partial charge in [-0.3, -0.25) is 4.79 Å². The zero-order chi connectivity index (χ0) is 13.2. The molecule has 0 atom stereocenters. The van der Waals surface area contributed by atoms with Crippen molar-refractivity contribution in [1.82, 2.24) is 0 Å². The minimum Gasteiger partial charge on any atom is -0.353 e. The molecular weight excluding hydrogens is 228 g/mol. The average molecular weight is 250 g/mol. The Labute approximate surface area is 109 Å². The van der Waals surface area contributed by atoms with Crippen molar-refractivity contribution >= 4 is 5.78 Å². The van der Waals surface area contributed by atoms with E-state index in [2.05, 4.69) is 0 Å². The van der Waals surface area contributed by atoms with Crippen molar-refractivity contribution in [1.29, 1.82) is 0 Å². The first-order chi connectivity index (χ1) is 8.86. The molecule has 0 bridgehead atoms. The lowest BCUT2D eigenvalue weighted by Gasteiger charge is -2.22. The third-order valence-electron chi connectivity index (χ3n) is 2.60. The van der Waals surface area contributed by atoms with Gasteiger partial charge in [-0.2, -0.15) is 0 Å². The zero-order valence-corrected chi connectivity index (χ0v) is 11.2. The Morgan fingerprint density at radius 1 is 1.17 bits per heavy atom. The van der Waals surface area contributed by atoms with E-state index in [0.29, 0.717) is 12.8 Å². The fourth-order valence-electron chi connectivity index (χ4n) is 1.72. The maximum Gasteiger partial charge on any atom is 0.163 e. The lowest BCUT2D eigenvalue weighted by atomic mass is 10.1. The van der Waals surface area contributed by atoms with Crippen LogP contribution >= 0.6 is 0 Å². The van der Waals surface area contributed by atoms with Gasteiger partial charge in [-0.15, -0.1) is 0 Å². The molecule has 0 N–H and O–H groups in total. The largest absolute Gasteiger partial charge is 0.353 e. The minimum absolute atomic E-state index is 0.151. The van der Waals surface area contributed by atoms with Crippen LogP contribution in [-0.2, 0) is 9.47 Å². The summed E-state index contributed by atoms with van der Waals surface area (Å²) in [5.74, 6) is 0.151. The Bertz CT molecular complexity index is 329. The van der Waals surface area contributed by atoms with Gasteiger partial charge < -0.3 is 9.47 Å². The van der Waals surface area contributed by atoms with Crippen LogP contribution in [-0.4, -0.2) is 25.3 Å². The number of carbonyl (C=O) groups is 1. The highest BCUT2D eigenvalue weighted by Gasteiger charge is 2.16. The summed E-state index contributed by atoms with van der Waals surface area (Å²) in [5, 5.41) is 0. The normalized spacial score (nSPS) is 15.7. The van der Waals surface area contributed by atoms with E-state index < -0.39 is 0 Å². The third kappa shape index (κ3) is 4.98. The number of Topliss-reactive ketones (excluding diaryl/α,β-unsaturated/α-hetero) is 1. The summed E-state index contributed by atoms with van der Waals surface area (Å²) in [6.07, 6.45) is 1.88. The molecule has 1 aromatic rings. The highest BCUT2D eigenvalue weighted by atomic mass is 16.7. The Hall–Kier alpha value is -1.19. The highest BCUT2D eigenvalue weighted by Crippen LogP contribution is 2.13. The quantitative estimate of drug-likeness (QED) is 0.768. The van der Waals surface area contributed by atoms with Gasteiger partial charge in [0.05, 0.1) is 13.2 Å². The second-order valence-corrected chi connectivity index (χ2v) is 3.85. The Kier molecular flexibility index (Phi) is 7.30. The lowest BCUT2D eigenvalue weighted by molar-refractivity contribution is -0.180. The third-order valence-corrected chi connectivity index (χ3v) is 2.60. The molecule has 1 aliphatic heterocycles. The van der Waals surface area contributed by atoms with E-state index in [1.54, 1.807) is 0 Å². The van der Waals surface area contributed by atoms with Crippen molar-refractivity contribution in [3.05, 3.63) is 35.9 Å². The summed E-state index contributed by atoms with van der Waals surface area (Å²) in [7, 11) is 0. The van der Waals surface area contributed by atoms with E-state index >= 15 is 0 Å². The van der Waals surface area contributed by atoms with Crippen molar-refractivity contribution in [3.63, 3.8) is 0 Å². The van der Waals surface area contributed by atoms with Crippen LogP contribution in [0.15, 0.2) is 30.3 Å². The molecule has 0 unspecified atom stereocenters. The highest BCUT2D eigenvalue weighted by molar-refractivity contribution is 5.95. The fraction of sp³-hybridized carbons (Fsp3) is 0.533. The molecule has 3 nitrogen and oxygen atoms in total. The summed E-state index contributed by atoms with van der Waals surface area (Å²) in [4.78, 5) is 11.8. The topological polar surface area (TPSA) is 35.5 Å². The molecule has 0 spiro atoms. The first-order valence-corrected chi connectivity index (χ1v) is 6.68. The first kappa shape index (κ1) is 14.9. The van der Waals surface area contributed by atoms with E-state index in [0.717, 1.165) is 25.2 Å². The molecule has 0 amide bonds. The molecule has 1 aromatic carbocycles. The first-order valence-electron chi connectivity index (χ1n) is 6.68. The number of carbonyl (C=O) groups excluding carboxylic acids is 1. The van der Waals surface area contributed by atoms with Crippen molar-refractivity contribution in [2.24, 2.45) is 0 Å². The zero-order valence-electron chi connectivity index (χ0n) is 11.2. The fourth-order valence-corrected chi connectivity index (χ4v) is 1.72. The van der Waals surface area contributed by atoms with Crippen molar-refractivity contribution in [2.45, 2.75) is 39.4 Å². The van der Waals surface area contributed by atoms with Crippen LogP contribution in [0, 0.1) is 0 Å². The molecule has 2 rings (SSSR count). The van der Waals surface area contributed by atoms with Crippen LogP contribution in [0.4, 0.5) is 0 Å².